The summed E-state index contributed by atoms with van der Waals surface area (Å²) in [6.07, 6.45) is 2.39. The van der Waals surface area contributed by atoms with E-state index in [0.717, 1.165) is 25.3 Å². The highest BCUT2D eigenvalue weighted by atomic mass is 16.5. The second-order valence-electron chi connectivity index (χ2n) is 7.30. The van der Waals surface area contributed by atoms with Crippen molar-refractivity contribution in [3.8, 4) is 0 Å². The minimum atomic E-state index is -0.473. The largest absolute Gasteiger partial charge is 0.462 e. The van der Waals surface area contributed by atoms with Gasteiger partial charge in [0.2, 0.25) is 5.91 Å². The lowest BCUT2D eigenvalue weighted by Crippen LogP contribution is -2.51. The normalized spacial score (nSPS) is 16.1. The van der Waals surface area contributed by atoms with Gasteiger partial charge in [-0.05, 0) is 46.2 Å². The van der Waals surface area contributed by atoms with Gasteiger partial charge >= 0.3 is 12.0 Å². The van der Waals surface area contributed by atoms with E-state index in [4.69, 9.17) is 4.74 Å². The van der Waals surface area contributed by atoms with Gasteiger partial charge in [-0.15, -0.1) is 0 Å². The number of hydrogen-bond donors (Lipinski definition) is 2. The van der Waals surface area contributed by atoms with E-state index in [1.807, 2.05) is 19.9 Å². The summed E-state index contributed by atoms with van der Waals surface area (Å²) >= 11 is 0. The molecule has 29 heavy (non-hydrogen) atoms. The molecule has 0 saturated carbocycles. The Morgan fingerprint density at radius 2 is 1.90 bits per heavy atom. The number of rotatable bonds is 6. The summed E-state index contributed by atoms with van der Waals surface area (Å²) in [4.78, 5) is 44.5. The molecule has 1 saturated heterocycles. The van der Waals surface area contributed by atoms with E-state index in [9.17, 15) is 14.4 Å². The number of esters is 1. The maximum Gasteiger partial charge on any atom is 0.339 e. The first-order valence-electron chi connectivity index (χ1n) is 10.0. The molecule has 0 spiro atoms. The molecular formula is C20H31N5O4. The Hall–Kier alpha value is -2.68. The van der Waals surface area contributed by atoms with Gasteiger partial charge < -0.3 is 15.0 Å². The number of imide groups is 1. The summed E-state index contributed by atoms with van der Waals surface area (Å²) in [5, 5.41) is 5.05. The standard InChI is InChI=1S/C20H31N5O4/c1-5-29-19(27)16-7-8-17(21-13-16)25-10-6-9-24(11-12-25)15(4)18(26)23-20(28)22-14(2)3/h7-8,13-15H,5-6,9-12H2,1-4H3,(H2,22,23,26,28). The van der Waals surface area contributed by atoms with Crippen LogP contribution in [0.2, 0.25) is 0 Å². The van der Waals surface area contributed by atoms with E-state index in [1.165, 1.54) is 6.20 Å². The van der Waals surface area contributed by atoms with Gasteiger partial charge in [0, 0.05) is 38.4 Å². The van der Waals surface area contributed by atoms with E-state index in [1.54, 1.807) is 19.9 Å². The van der Waals surface area contributed by atoms with Gasteiger partial charge in [-0.25, -0.2) is 14.6 Å². The number of urea groups is 1. The number of pyridine rings is 1. The van der Waals surface area contributed by atoms with Crippen LogP contribution in [0, 0.1) is 0 Å². The SMILES string of the molecule is CCOC(=O)c1ccc(N2CCCN(C(C)C(=O)NC(=O)NC(C)C)CC2)nc1. The molecule has 1 aliphatic rings. The first-order valence-corrected chi connectivity index (χ1v) is 10.0. The lowest BCUT2D eigenvalue weighted by Gasteiger charge is -2.27. The number of amides is 3. The summed E-state index contributed by atoms with van der Waals surface area (Å²) in [6.45, 7) is 10.5. The molecule has 2 rings (SSSR count). The number of nitrogens with one attached hydrogen (secondary N) is 2. The Bertz CT molecular complexity index is 707. The van der Waals surface area contributed by atoms with Gasteiger partial charge in [0.05, 0.1) is 18.2 Å². The fourth-order valence-electron chi connectivity index (χ4n) is 3.14. The van der Waals surface area contributed by atoms with Crippen LogP contribution in [-0.2, 0) is 9.53 Å². The van der Waals surface area contributed by atoms with Crippen LogP contribution in [0.1, 0.15) is 44.5 Å². The van der Waals surface area contributed by atoms with E-state index in [-0.39, 0.29) is 17.9 Å². The van der Waals surface area contributed by atoms with Crippen LogP contribution in [0.25, 0.3) is 0 Å². The van der Waals surface area contributed by atoms with Gasteiger partial charge in [-0.1, -0.05) is 0 Å². The van der Waals surface area contributed by atoms with Gasteiger partial charge in [0.25, 0.3) is 0 Å². The quantitative estimate of drug-likeness (QED) is 0.689. The molecule has 3 amide bonds. The lowest BCUT2D eigenvalue weighted by atomic mass is 10.2. The number of hydrogen-bond acceptors (Lipinski definition) is 7. The molecular weight excluding hydrogens is 374 g/mol. The van der Waals surface area contributed by atoms with Crippen molar-refractivity contribution in [1.82, 2.24) is 20.5 Å². The molecule has 0 aromatic carbocycles. The smallest absolute Gasteiger partial charge is 0.339 e. The average Bonchev–Trinajstić information content (AvgIpc) is 2.93. The van der Waals surface area contributed by atoms with Crippen molar-refractivity contribution in [3.63, 3.8) is 0 Å². The minimum absolute atomic E-state index is 0.0347. The van der Waals surface area contributed by atoms with Crippen LogP contribution >= 0.6 is 0 Å². The molecule has 9 nitrogen and oxygen atoms in total. The molecule has 0 aliphatic carbocycles. The zero-order valence-electron chi connectivity index (χ0n) is 17.6. The molecule has 1 fully saturated rings. The van der Waals surface area contributed by atoms with Crippen LogP contribution in [-0.4, -0.2) is 72.7 Å². The summed E-state index contributed by atoms with van der Waals surface area (Å²) < 4.78 is 4.98. The maximum absolute atomic E-state index is 12.4. The Morgan fingerprint density at radius 1 is 1.14 bits per heavy atom. The van der Waals surface area contributed by atoms with Crippen LogP contribution in [0.3, 0.4) is 0 Å². The number of anilines is 1. The topological polar surface area (TPSA) is 104 Å². The molecule has 2 heterocycles. The first kappa shape index (κ1) is 22.6. The Kier molecular flexibility index (Phi) is 8.38. The Balaban J connectivity index is 1.91. The molecule has 1 atom stereocenters. The van der Waals surface area contributed by atoms with Crippen molar-refractivity contribution in [2.45, 2.75) is 46.2 Å². The van der Waals surface area contributed by atoms with Crippen molar-refractivity contribution in [2.24, 2.45) is 0 Å². The molecule has 1 aliphatic heterocycles. The van der Waals surface area contributed by atoms with E-state index in [2.05, 4.69) is 25.4 Å². The molecule has 0 radical (unpaired) electrons. The predicted molar refractivity (Wildman–Crippen MR) is 110 cm³/mol. The third-order valence-corrected chi connectivity index (χ3v) is 4.70. The third-order valence-electron chi connectivity index (χ3n) is 4.70. The Morgan fingerprint density at radius 3 is 2.52 bits per heavy atom. The predicted octanol–water partition coefficient (Wildman–Crippen LogP) is 1.39. The van der Waals surface area contributed by atoms with E-state index in [0.29, 0.717) is 25.3 Å². The molecule has 160 valence electrons. The monoisotopic (exact) mass is 405 g/mol. The molecule has 9 heteroatoms. The summed E-state index contributed by atoms with van der Waals surface area (Å²) in [6, 6.07) is 2.61. The highest BCUT2D eigenvalue weighted by Gasteiger charge is 2.25. The number of aromatic nitrogens is 1. The van der Waals surface area contributed by atoms with Gasteiger partial charge in [0.15, 0.2) is 0 Å². The van der Waals surface area contributed by atoms with Crippen LogP contribution in [0.15, 0.2) is 18.3 Å². The van der Waals surface area contributed by atoms with Crippen LogP contribution in [0.5, 0.6) is 0 Å². The second kappa shape index (κ2) is 10.8. The number of carbonyl (C=O) groups excluding carboxylic acids is 3. The molecule has 1 aromatic heterocycles. The molecule has 2 N–H and O–H groups in total. The zero-order chi connectivity index (χ0) is 21.4. The van der Waals surface area contributed by atoms with Crippen molar-refractivity contribution in [1.29, 1.82) is 0 Å². The highest BCUT2D eigenvalue weighted by molar-refractivity contribution is 5.96. The van der Waals surface area contributed by atoms with Gasteiger partial charge in [-0.3, -0.25) is 15.0 Å². The number of ether oxygens (including phenoxy) is 1. The van der Waals surface area contributed by atoms with Crippen molar-refractivity contribution in [2.75, 3.05) is 37.7 Å². The third kappa shape index (κ3) is 6.70. The summed E-state index contributed by atoms with van der Waals surface area (Å²) in [5.41, 5.74) is 0.428. The summed E-state index contributed by atoms with van der Waals surface area (Å²) in [7, 11) is 0. The van der Waals surface area contributed by atoms with Gasteiger partial charge in [0.1, 0.15) is 5.82 Å². The summed E-state index contributed by atoms with van der Waals surface area (Å²) in [5.74, 6) is 0.0942. The number of nitrogens with zero attached hydrogens (tertiary/aromatic N) is 3. The zero-order valence-corrected chi connectivity index (χ0v) is 17.6. The lowest BCUT2D eigenvalue weighted by molar-refractivity contribution is -0.124. The van der Waals surface area contributed by atoms with Crippen molar-refractivity contribution < 1.29 is 19.1 Å². The van der Waals surface area contributed by atoms with Gasteiger partial charge in [-0.2, -0.15) is 0 Å². The maximum atomic E-state index is 12.4. The fourth-order valence-corrected chi connectivity index (χ4v) is 3.14. The van der Waals surface area contributed by atoms with Crippen LogP contribution in [0.4, 0.5) is 10.6 Å². The van der Waals surface area contributed by atoms with Crippen LogP contribution < -0.4 is 15.5 Å². The Labute approximate surface area is 171 Å². The van der Waals surface area contributed by atoms with E-state index >= 15 is 0 Å². The fraction of sp³-hybridized carbons (Fsp3) is 0.600. The number of carbonyl (C=O) groups is 3. The van der Waals surface area contributed by atoms with Crippen molar-refractivity contribution in [3.05, 3.63) is 23.9 Å². The molecule has 1 unspecified atom stereocenters. The van der Waals surface area contributed by atoms with Crippen molar-refractivity contribution >= 4 is 23.7 Å². The minimum Gasteiger partial charge on any atom is -0.462 e. The second-order valence-corrected chi connectivity index (χ2v) is 7.30. The first-order chi connectivity index (χ1) is 13.8. The van der Waals surface area contributed by atoms with E-state index < -0.39 is 12.1 Å². The highest BCUT2D eigenvalue weighted by Crippen LogP contribution is 2.16. The molecule has 1 aromatic rings. The molecule has 0 bridgehead atoms. The average molecular weight is 405 g/mol.